The van der Waals surface area contributed by atoms with E-state index in [9.17, 15) is 25.5 Å². The van der Waals surface area contributed by atoms with Crippen LogP contribution < -0.4 is 13.3 Å². The topological polar surface area (TPSA) is 381 Å². The normalized spacial score (nSPS) is 26.0. The van der Waals surface area contributed by atoms with Gasteiger partial charge in [-0.15, -0.1) is 35.6 Å². The summed E-state index contributed by atoms with van der Waals surface area (Å²) in [6.07, 6.45) is -4.69. The second-order valence-corrected chi connectivity index (χ2v) is 41.2. The third kappa shape index (κ3) is 59.3. The summed E-state index contributed by atoms with van der Waals surface area (Å²) in [6, 6.07) is 0. The molecule has 7 aliphatic rings. The summed E-state index contributed by atoms with van der Waals surface area (Å²) in [5.74, 6) is -2.07. The molecule has 7 fully saturated rings. The van der Waals surface area contributed by atoms with Gasteiger partial charge >= 0.3 is 50.5 Å². The zero-order valence-corrected chi connectivity index (χ0v) is 72.9. The van der Waals surface area contributed by atoms with E-state index >= 15 is 0 Å². The van der Waals surface area contributed by atoms with Gasteiger partial charge < -0.3 is 150 Å². The van der Waals surface area contributed by atoms with E-state index in [0.29, 0.717) is 104 Å². The second-order valence-electron chi connectivity index (χ2n) is 24.7. The van der Waals surface area contributed by atoms with Crippen LogP contribution in [0, 0.1) is 0 Å². The van der Waals surface area contributed by atoms with E-state index in [1.807, 2.05) is 69.2 Å². The predicted molar refractivity (Wildman–Crippen MR) is 398 cm³/mol. The van der Waals surface area contributed by atoms with Crippen molar-refractivity contribution in [3.63, 3.8) is 0 Å². The minimum atomic E-state index is -0.975. The summed E-state index contributed by atoms with van der Waals surface area (Å²) in [5.41, 5.74) is 0. The van der Waals surface area contributed by atoms with Gasteiger partial charge in [0.15, 0.2) is 28.9 Å². The Kier molecular flexibility index (Phi) is 64.6. The number of halogens is 7. The molecular formula is C60H118ClI6O31-. The molecule has 8 N–H and O–H groups in total. The fourth-order valence-electron chi connectivity index (χ4n) is 8.16. The molecule has 0 aromatic rings. The van der Waals surface area contributed by atoms with E-state index in [1.54, 1.807) is 7.11 Å². The van der Waals surface area contributed by atoms with Crippen LogP contribution in [0.5, 0.6) is 0 Å². The van der Waals surface area contributed by atoms with Gasteiger partial charge in [-0.2, -0.15) is 0 Å². The maximum atomic E-state index is 9.81. The van der Waals surface area contributed by atoms with Crippen molar-refractivity contribution in [1.29, 1.82) is 0 Å². The molecule has 7 aliphatic heterocycles. The fourth-order valence-corrected chi connectivity index (χ4v) is 8.34. The van der Waals surface area contributed by atoms with Gasteiger partial charge in [-0.1, -0.05) is 0 Å². The first kappa shape index (κ1) is 103. The zero-order valence-electron chi connectivity index (χ0n) is 59.0. The molecule has 31 nitrogen and oxygen atoms in total. The summed E-state index contributed by atoms with van der Waals surface area (Å²) >= 11 is 14.8. The molecule has 98 heavy (non-hydrogen) atoms. The van der Waals surface area contributed by atoms with Crippen LogP contribution in [-0.4, -0.2) is 361 Å². The Bertz CT molecular complexity index is 1740. The van der Waals surface area contributed by atoms with Crippen molar-refractivity contribution in [2.75, 3.05) is 206 Å². The van der Waals surface area contributed by atoms with Crippen LogP contribution in [0.1, 0.15) is 69.2 Å². The van der Waals surface area contributed by atoms with E-state index in [1.165, 1.54) is 14.2 Å². The van der Waals surface area contributed by atoms with Gasteiger partial charge in [-0.05, 0) is 69.2 Å². The molecule has 0 aromatic carbocycles. The van der Waals surface area contributed by atoms with Crippen molar-refractivity contribution in [3.8, 4) is 0 Å². The molecule has 0 bridgehead atoms. The molecule has 38 heteroatoms. The van der Waals surface area contributed by atoms with E-state index in [2.05, 4.69) is 74.5 Å². The van der Waals surface area contributed by atoms with Crippen LogP contribution in [0.15, 0.2) is 0 Å². The quantitative estimate of drug-likeness (QED) is 0.0235. The SMILES string of the molecule is CC1(C)OCC(CO)O1.CC1(C)OCC(COCC(O)COCC2COC(C)(C)O2)O1.COCC(O)COC(COCC(O)CO)COCC(O)CO.COCC(O)COC(COCC1COC(C)(C)O1)COCC1COC(C)(C)O1.COCC1CO1.ClCC1CO1.I.II.I[I-]I. The molecule has 0 aromatic heterocycles. The number of aliphatic hydroxyl groups is 8. The third-order valence-electron chi connectivity index (χ3n) is 12.7. The first-order valence-corrected chi connectivity index (χ1v) is 51.1. The monoisotopic (exact) mass is 2130 g/mol. The van der Waals surface area contributed by atoms with Crippen molar-refractivity contribution in [1.82, 2.24) is 0 Å². The summed E-state index contributed by atoms with van der Waals surface area (Å²) in [6.45, 7) is 26.1. The molecule has 0 aliphatic carbocycles. The number of rotatable bonds is 40. The first-order chi connectivity index (χ1) is 45.9. The summed E-state index contributed by atoms with van der Waals surface area (Å²) in [7, 11) is 4.67. The van der Waals surface area contributed by atoms with Gasteiger partial charge in [0.1, 0.15) is 79.4 Å². The van der Waals surface area contributed by atoms with E-state index in [0.717, 1.165) is 19.8 Å². The van der Waals surface area contributed by atoms with Gasteiger partial charge in [-0.25, -0.2) is 0 Å². The number of hydrogen-bond donors (Lipinski definition) is 8. The van der Waals surface area contributed by atoms with Crippen LogP contribution in [0.25, 0.3) is 0 Å². The van der Waals surface area contributed by atoms with Crippen molar-refractivity contribution >= 4 is 110 Å². The number of ether oxygens (including phenoxy) is 23. The maximum absolute atomic E-state index is 9.81. The van der Waals surface area contributed by atoms with Crippen LogP contribution in [-0.2, 0) is 109 Å². The standard InChI is InChI=1S/C19H36O9.C15H28O7.C13H28O9.C6H12O3.C4H8O2.C3H5ClO.I3.I2.HI/c1-18(2)25-12-16(27-18)10-22-8-15(24-7-14(20)6-21-5)9-23-11-17-13-26-19(3,4)28-17;1-14(2)19-9-12(21-14)7-17-5-11(16)6-18-8-13-10-20-15(3,4)22-13;1-19-4-12(18)7-22-13(8-20-5-10(16)2-14)9-21-6-11(17)3-15;1-6(2)8-4-5(3-7)9-6;1-5-2-4-3-6-4;4-1-3-2-5-3;1-3-2;1-2;/h14-17,20H,6-13H2,1-5H3;11-13,16H,5-10H2,1-4H3;10-18H,2-9H2,1H3;5,7H,3-4H2,1-2H3;4H,2-3H2,1H3;3H,1-2H2;;;1H/q;;;;;;-1;;. The Morgan fingerprint density at radius 3 is 0.847 bits per heavy atom. The summed E-state index contributed by atoms with van der Waals surface area (Å²) in [4.78, 5) is 0. The summed E-state index contributed by atoms with van der Waals surface area (Å²) < 4.78 is 123. The van der Waals surface area contributed by atoms with Crippen molar-refractivity contribution in [3.05, 3.63) is 0 Å². The Morgan fingerprint density at radius 2 is 0.643 bits per heavy atom. The fraction of sp³-hybridized carbons (Fsp3) is 1.00. The van der Waals surface area contributed by atoms with Gasteiger partial charge in [0, 0.05) is 58.6 Å². The molecule has 0 saturated carbocycles. The van der Waals surface area contributed by atoms with Gasteiger partial charge in [0.25, 0.3) is 0 Å². The van der Waals surface area contributed by atoms with E-state index < -0.39 is 78.8 Å². The number of alkyl halides is 1. The molecule has 7 rings (SSSR count). The average molecular weight is 2130 g/mol. The van der Waals surface area contributed by atoms with E-state index in [4.69, 9.17) is 136 Å². The molecule has 594 valence electrons. The Labute approximate surface area is 655 Å². The van der Waals surface area contributed by atoms with Gasteiger partial charge in [0.05, 0.1) is 190 Å². The Balaban J connectivity index is 0. The van der Waals surface area contributed by atoms with Gasteiger partial charge in [-0.3, -0.25) is 0 Å². The molecule has 11 unspecified atom stereocenters. The van der Waals surface area contributed by atoms with Crippen molar-refractivity contribution in [2.45, 2.75) is 184 Å². The number of methoxy groups -OCH3 is 3. The molecule has 7 saturated heterocycles. The van der Waals surface area contributed by atoms with Crippen LogP contribution >= 0.6 is 110 Å². The van der Waals surface area contributed by atoms with Crippen LogP contribution in [0.4, 0.5) is 0 Å². The molecule has 7 heterocycles. The van der Waals surface area contributed by atoms with E-state index in [-0.39, 0.29) is 133 Å². The number of aliphatic hydroxyl groups excluding tert-OH is 8. The van der Waals surface area contributed by atoms with Crippen LogP contribution in [0.2, 0.25) is 0 Å². The molecule has 11 atom stereocenters. The Hall–Kier alpha value is 3.43. The number of epoxide rings is 2. The Morgan fingerprint density at radius 1 is 0.378 bits per heavy atom. The predicted octanol–water partition coefficient (Wildman–Crippen LogP) is 0.468. The number of hydrogen-bond acceptors (Lipinski definition) is 31. The molecule has 0 amide bonds. The van der Waals surface area contributed by atoms with Crippen molar-refractivity contribution < 1.29 is 163 Å². The zero-order chi connectivity index (χ0) is 73.4. The molecular weight excluding hydrogens is 2010 g/mol. The molecule has 0 spiro atoms. The van der Waals surface area contributed by atoms with Gasteiger partial charge in [0.2, 0.25) is 0 Å². The van der Waals surface area contributed by atoms with Crippen molar-refractivity contribution in [2.24, 2.45) is 0 Å². The molecule has 0 radical (unpaired) electrons. The third-order valence-corrected chi connectivity index (χ3v) is 13.1. The second kappa shape index (κ2) is 61.1. The summed E-state index contributed by atoms with van der Waals surface area (Å²) in [5, 5.41) is 73.4. The minimum absolute atomic E-state index is 0. The van der Waals surface area contributed by atoms with Crippen LogP contribution in [0.3, 0.4) is 0 Å². The first-order valence-electron chi connectivity index (χ1n) is 31.7. The average Bonchev–Trinajstić information content (AvgIpc) is 1.78.